The third-order valence-electron chi connectivity index (χ3n) is 2.73. The van der Waals surface area contributed by atoms with Gasteiger partial charge in [0, 0.05) is 18.3 Å². The van der Waals surface area contributed by atoms with Crippen molar-refractivity contribution in [3.8, 4) is 0 Å². The van der Waals surface area contributed by atoms with E-state index in [9.17, 15) is 4.79 Å². The number of anilines is 2. The van der Waals surface area contributed by atoms with Crippen molar-refractivity contribution in [3.05, 3.63) is 60.2 Å². The molecule has 2 aromatic carbocycles. The number of halogens is 1. The van der Waals surface area contributed by atoms with Gasteiger partial charge in [-0.25, -0.2) is 4.99 Å². The molecular formula is C16H19IN4O. The number of benzene rings is 2. The lowest BCUT2D eigenvalue weighted by Gasteiger charge is -2.06. The first kappa shape index (κ1) is 18.0. The fourth-order valence-corrected chi connectivity index (χ4v) is 1.84. The van der Waals surface area contributed by atoms with Crippen LogP contribution >= 0.6 is 24.0 Å². The molecule has 116 valence electrons. The van der Waals surface area contributed by atoms with Gasteiger partial charge in [-0.15, -0.1) is 24.0 Å². The second-order valence-corrected chi connectivity index (χ2v) is 4.57. The molecule has 0 saturated heterocycles. The van der Waals surface area contributed by atoms with Gasteiger partial charge in [0.1, 0.15) is 0 Å². The van der Waals surface area contributed by atoms with E-state index >= 15 is 0 Å². The van der Waals surface area contributed by atoms with Crippen LogP contribution in [0.1, 0.15) is 12.5 Å². The first-order chi connectivity index (χ1) is 10.1. The van der Waals surface area contributed by atoms with E-state index in [0.29, 0.717) is 12.5 Å². The van der Waals surface area contributed by atoms with Crippen molar-refractivity contribution in [1.82, 2.24) is 0 Å². The lowest BCUT2D eigenvalue weighted by Crippen LogP contribution is -2.22. The van der Waals surface area contributed by atoms with Crippen molar-refractivity contribution in [2.24, 2.45) is 10.7 Å². The summed E-state index contributed by atoms with van der Waals surface area (Å²) in [5.41, 5.74) is 8.46. The zero-order valence-corrected chi connectivity index (χ0v) is 14.6. The summed E-state index contributed by atoms with van der Waals surface area (Å²) in [6.45, 7) is 1.92. The number of nitrogens with two attached hydrogens (primary N) is 1. The first-order valence-electron chi connectivity index (χ1n) is 6.62. The van der Waals surface area contributed by atoms with Crippen LogP contribution in [0.3, 0.4) is 0 Å². The highest BCUT2D eigenvalue weighted by atomic mass is 127. The fraction of sp³-hybridized carbons (Fsp3) is 0.125. The Morgan fingerprint density at radius 3 is 2.41 bits per heavy atom. The maximum atomic E-state index is 11.0. The normalized spacial score (nSPS) is 10.5. The molecule has 6 heteroatoms. The molecule has 2 rings (SSSR count). The number of amides is 1. The zero-order valence-electron chi connectivity index (χ0n) is 12.2. The maximum Gasteiger partial charge on any atom is 0.221 e. The van der Waals surface area contributed by atoms with Gasteiger partial charge >= 0.3 is 0 Å². The van der Waals surface area contributed by atoms with Crippen molar-refractivity contribution in [1.29, 1.82) is 0 Å². The van der Waals surface area contributed by atoms with Crippen LogP contribution in [0.4, 0.5) is 11.4 Å². The van der Waals surface area contributed by atoms with Crippen LogP contribution in [0.15, 0.2) is 59.6 Å². The summed E-state index contributed by atoms with van der Waals surface area (Å²) in [7, 11) is 0. The average Bonchev–Trinajstić information content (AvgIpc) is 2.46. The summed E-state index contributed by atoms with van der Waals surface area (Å²) < 4.78 is 0. The largest absolute Gasteiger partial charge is 0.370 e. The number of guanidine groups is 1. The number of nitrogens with one attached hydrogen (secondary N) is 2. The Balaban J connectivity index is 0.00000242. The Bertz CT molecular complexity index is 644. The quantitative estimate of drug-likeness (QED) is 0.412. The van der Waals surface area contributed by atoms with E-state index in [1.807, 2.05) is 54.6 Å². The highest BCUT2D eigenvalue weighted by molar-refractivity contribution is 14.0. The zero-order chi connectivity index (χ0) is 15.1. The molecule has 2 aromatic rings. The van der Waals surface area contributed by atoms with Crippen LogP contribution in [0, 0.1) is 0 Å². The third kappa shape index (κ3) is 6.13. The molecule has 0 unspecified atom stereocenters. The number of carbonyl (C=O) groups is 1. The van der Waals surface area contributed by atoms with Gasteiger partial charge in [-0.3, -0.25) is 4.79 Å². The number of carbonyl (C=O) groups excluding carboxylic acids is 1. The van der Waals surface area contributed by atoms with Gasteiger partial charge in [-0.05, 0) is 29.8 Å². The van der Waals surface area contributed by atoms with Crippen molar-refractivity contribution in [2.45, 2.75) is 13.5 Å². The standard InChI is InChI=1S/C16H18N4O.HI/c1-12(21)19-15-9-5-6-13(10-15)11-18-16(17)20-14-7-3-2-4-8-14;/h2-10H,11H2,1H3,(H,19,21)(H3,17,18,20);1H. The lowest BCUT2D eigenvalue weighted by molar-refractivity contribution is -0.114. The molecule has 0 fully saturated rings. The van der Waals surface area contributed by atoms with Crippen LogP contribution in [-0.2, 0) is 11.3 Å². The van der Waals surface area contributed by atoms with Crippen LogP contribution < -0.4 is 16.4 Å². The molecule has 4 N–H and O–H groups in total. The van der Waals surface area contributed by atoms with E-state index < -0.39 is 0 Å². The highest BCUT2D eigenvalue weighted by Crippen LogP contribution is 2.11. The molecule has 1 amide bonds. The molecule has 0 heterocycles. The Labute approximate surface area is 147 Å². The second kappa shape index (κ2) is 9.04. The summed E-state index contributed by atoms with van der Waals surface area (Å²) in [6, 6.07) is 17.1. The van der Waals surface area contributed by atoms with E-state index in [1.165, 1.54) is 6.92 Å². The summed E-state index contributed by atoms with van der Waals surface area (Å²) >= 11 is 0. The van der Waals surface area contributed by atoms with Crippen molar-refractivity contribution < 1.29 is 4.79 Å². The van der Waals surface area contributed by atoms with Gasteiger partial charge in [-0.1, -0.05) is 30.3 Å². The van der Waals surface area contributed by atoms with Crippen LogP contribution in [-0.4, -0.2) is 11.9 Å². The van der Waals surface area contributed by atoms with E-state index in [2.05, 4.69) is 15.6 Å². The Kier molecular flexibility index (Phi) is 7.38. The van der Waals surface area contributed by atoms with Crippen LogP contribution in [0.2, 0.25) is 0 Å². The molecule has 0 aliphatic heterocycles. The number of hydrogen-bond acceptors (Lipinski definition) is 2. The fourth-order valence-electron chi connectivity index (χ4n) is 1.84. The summed E-state index contributed by atoms with van der Waals surface area (Å²) in [5, 5.41) is 5.76. The van der Waals surface area contributed by atoms with Crippen molar-refractivity contribution >= 4 is 47.2 Å². The maximum absolute atomic E-state index is 11.0. The molecule has 0 atom stereocenters. The number of aliphatic imine (C=N–C) groups is 1. The van der Waals surface area contributed by atoms with Gasteiger partial charge in [0.2, 0.25) is 5.91 Å². The molecule has 22 heavy (non-hydrogen) atoms. The second-order valence-electron chi connectivity index (χ2n) is 4.57. The van der Waals surface area contributed by atoms with Gasteiger partial charge in [0.25, 0.3) is 0 Å². The van der Waals surface area contributed by atoms with Gasteiger partial charge in [0.15, 0.2) is 5.96 Å². The number of para-hydroxylation sites is 1. The minimum atomic E-state index is -0.0964. The molecule has 0 aliphatic carbocycles. The van der Waals surface area contributed by atoms with Crippen LogP contribution in [0.5, 0.6) is 0 Å². The number of hydrogen-bond donors (Lipinski definition) is 3. The lowest BCUT2D eigenvalue weighted by atomic mass is 10.2. The molecule has 0 saturated carbocycles. The average molecular weight is 410 g/mol. The molecule has 0 aliphatic rings. The molecule has 0 spiro atoms. The van der Waals surface area contributed by atoms with E-state index in [-0.39, 0.29) is 29.9 Å². The Morgan fingerprint density at radius 1 is 1.05 bits per heavy atom. The summed E-state index contributed by atoms with van der Waals surface area (Å²) in [4.78, 5) is 15.3. The van der Waals surface area contributed by atoms with Gasteiger partial charge in [-0.2, -0.15) is 0 Å². The summed E-state index contributed by atoms with van der Waals surface area (Å²) in [6.07, 6.45) is 0. The molecule has 0 radical (unpaired) electrons. The smallest absolute Gasteiger partial charge is 0.221 e. The van der Waals surface area contributed by atoms with Gasteiger partial charge in [0.05, 0.1) is 6.54 Å². The van der Waals surface area contributed by atoms with Crippen LogP contribution in [0.25, 0.3) is 0 Å². The number of rotatable bonds is 4. The number of nitrogens with zero attached hydrogens (tertiary/aromatic N) is 1. The molecule has 5 nitrogen and oxygen atoms in total. The predicted octanol–water partition coefficient (Wildman–Crippen LogP) is 3.19. The van der Waals surface area contributed by atoms with E-state index in [1.54, 1.807) is 0 Å². The minimum Gasteiger partial charge on any atom is -0.370 e. The molecule has 0 bridgehead atoms. The predicted molar refractivity (Wildman–Crippen MR) is 102 cm³/mol. The van der Waals surface area contributed by atoms with E-state index in [4.69, 9.17) is 5.73 Å². The Hall–Kier alpha value is -2.09. The molecule has 0 aromatic heterocycles. The van der Waals surface area contributed by atoms with Crippen molar-refractivity contribution in [2.75, 3.05) is 10.6 Å². The minimum absolute atomic E-state index is 0. The highest BCUT2D eigenvalue weighted by Gasteiger charge is 1.98. The monoisotopic (exact) mass is 410 g/mol. The topological polar surface area (TPSA) is 79.5 Å². The SMILES string of the molecule is CC(=O)Nc1cccc(CN=C(N)Nc2ccccc2)c1.I. The van der Waals surface area contributed by atoms with E-state index in [0.717, 1.165) is 16.9 Å². The van der Waals surface area contributed by atoms with Gasteiger partial charge < -0.3 is 16.4 Å². The molecular weight excluding hydrogens is 391 g/mol. The summed E-state index contributed by atoms with van der Waals surface area (Å²) in [5.74, 6) is 0.257. The van der Waals surface area contributed by atoms with Crippen molar-refractivity contribution in [3.63, 3.8) is 0 Å². The third-order valence-corrected chi connectivity index (χ3v) is 2.73. The Morgan fingerprint density at radius 2 is 1.73 bits per heavy atom. The first-order valence-corrected chi connectivity index (χ1v) is 6.62.